The first-order valence-electron chi connectivity index (χ1n) is 17.2. The molecule has 0 saturated carbocycles. The maximum Gasteiger partial charge on any atom is 0.481 e. The smallest absolute Gasteiger partial charge is 0.386 e. The lowest BCUT2D eigenvalue weighted by Crippen LogP contribution is -2.46. The number of nitrogens with zero attached hydrogens (tertiary/aromatic N) is 5. The van der Waals surface area contributed by atoms with Crippen molar-refractivity contribution < 1.29 is 94.8 Å². The third-order valence-electron chi connectivity index (χ3n) is 8.20. The lowest BCUT2D eigenvalue weighted by Gasteiger charge is -2.30. The van der Waals surface area contributed by atoms with Crippen LogP contribution in [-0.4, -0.2) is 137 Å². The molecule has 0 radical (unpaired) electrons. The van der Waals surface area contributed by atoms with E-state index in [-0.39, 0.29) is 53.5 Å². The Morgan fingerprint density at radius 3 is 2.36 bits per heavy atom. The molecule has 7 atom stereocenters. The van der Waals surface area contributed by atoms with Gasteiger partial charge in [-0.05, 0) is 11.6 Å². The maximum absolute atomic E-state index is 12.7. The van der Waals surface area contributed by atoms with Crippen LogP contribution in [0, 0.1) is 5.41 Å². The topological polar surface area (TPSA) is 434 Å². The van der Waals surface area contributed by atoms with Crippen LogP contribution in [0.2, 0.25) is 0 Å². The molecule has 1 saturated heterocycles. The maximum atomic E-state index is 12.7. The number of ether oxygens (including phenoxy) is 1. The van der Waals surface area contributed by atoms with Crippen LogP contribution in [0.1, 0.15) is 42.5 Å². The Balaban J connectivity index is 1.22. The molecule has 61 heavy (non-hydrogen) atoms. The molecule has 0 aliphatic carbocycles. The van der Waals surface area contributed by atoms with Crippen molar-refractivity contribution in [1.29, 1.82) is 0 Å². The molecule has 12 N–H and O–H groups in total. The Labute approximate surface area is 348 Å². The highest BCUT2D eigenvalue weighted by Gasteiger charge is 2.50. The van der Waals surface area contributed by atoms with Crippen molar-refractivity contribution in [3.05, 3.63) is 42.2 Å². The Bertz CT molecular complexity index is 2260. The van der Waals surface area contributed by atoms with Crippen LogP contribution in [0.15, 0.2) is 31.0 Å². The molecule has 1 aliphatic rings. The second-order valence-corrected chi connectivity index (χ2v) is 20.5. The molecule has 7 unspecified atom stereocenters. The van der Waals surface area contributed by atoms with Crippen molar-refractivity contribution in [2.24, 2.45) is 5.41 Å². The number of carbonyl (C=O) groups excluding carboxylic acids is 3. The van der Waals surface area contributed by atoms with E-state index in [1.165, 1.54) is 32.2 Å². The van der Waals surface area contributed by atoms with Gasteiger partial charge in [-0.3, -0.25) is 42.1 Å². The Kier molecular flexibility index (Phi) is 17.0. The minimum absolute atomic E-state index is 0.00815. The van der Waals surface area contributed by atoms with Crippen LogP contribution in [0.4, 0.5) is 5.82 Å². The van der Waals surface area contributed by atoms with Crippen LogP contribution in [-0.2, 0) is 56.6 Å². The molecule has 340 valence electrons. The predicted molar refractivity (Wildman–Crippen MR) is 206 cm³/mol. The minimum atomic E-state index is -5.61. The number of nitrogen functional groups attached to an aromatic ring is 1. The van der Waals surface area contributed by atoms with Gasteiger partial charge >= 0.3 is 31.1 Å². The number of anilines is 1. The molecule has 2 amide bonds. The number of imidazole rings is 1. The Morgan fingerprint density at radius 2 is 1.69 bits per heavy atom. The van der Waals surface area contributed by atoms with Gasteiger partial charge in [0.05, 0.1) is 25.7 Å². The van der Waals surface area contributed by atoms with E-state index in [0.29, 0.717) is 0 Å². The van der Waals surface area contributed by atoms with Crippen molar-refractivity contribution >= 4 is 76.7 Å². The van der Waals surface area contributed by atoms with Gasteiger partial charge in [0, 0.05) is 36.9 Å². The van der Waals surface area contributed by atoms with Crippen LogP contribution in [0.5, 0.6) is 0 Å². The second kappa shape index (κ2) is 20.6. The van der Waals surface area contributed by atoms with Crippen LogP contribution in [0.3, 0.4) is 0 Å². The summed E-state index contributed by atoms with van der Waals surface area (Å²) in [4.78, 5) is 111. The molecule has 0 spiro atoms. The molecule has 4 rings (SSSR count). The lowest BCUT2D eigenvalue weighted by molar-refractivity contribution is -0.137. The second-order valence-electron chi connectivity index (χ2n) is 13.5. The van der Waals surface area contributed by atoms with E-state index >= 15 is 0 Å². The van der Waals surface area contributed by atoms with Gasteiger partial charge in [0.1, 0.15) is 42.0 Å². The number of aliphatic hydroxyl groups is 2. The summed E-state index contributed by atoms with van der Waals surface area (Å²) in [5, 5.41) is 25.7. The molecule has 4 heterocycles. The van der Waals surface area contributed by atoms with Gasteiger partial charge in [-0.1, -0.05) is 31.7 Å². The summed E-state index contributed by atoms with van der Waals surface area (Å²) < 4.78 is 73.5. The van der Waals surface area contributed by atoms with Gasteiger partial charge < -0.3 is 60.7 Å². The highest BCUT2D eigenvalue weighted by Crippen LogP contribution is 2.61. The first kappa shape index (κ1) is 50.5. The largest absolute Gasteiger partial charge is 0.481 e. The van der Waals surface area contributed by atoms with Crippen molar-refractivity contribution in [3.63, 3.8) is 0 Å². The molecule has 28 nitrogen and oxygen atoms in total. The number of hydrogen-bond acceptors (Lipinski definition) is 20. The van der Waals surface area contributed by atoms with E-state index in [2.05, 4.69) is 39.4 Å². The summed E-state index contributed by atoms with van der Waals surface area (Å²) in [5.41, 5.74) is 4.10. The molecule has 3 aromatic rings. The number of carbonyl (C=O) groups is 3. The molecular formula is C28H42N8O20P4S. The number of amides is 2. The number of nitrogens with two attached hydrogens (primary N) is 1. The average molecular weight is 967 g/mol. The summed E-state index contributed by atoms with van der Waals surface area (Å²) in [6.45, 7) is 0.0293. The number of nitrogens with one attached hydrogen (secondary N) is 2. The van der Waals surface area contributed by atoms with Crippen LogP contribution >= 0.6 is 42.8 Å². The van der Waals surface area contributed by atoms with E-state index in [1.807, 2.05) is 0 Å². The molecule has 1 fully saturated rings. The molecule has 33 heteroatoms. The summed E-state index contributed by atoms with van der Waals surface area (Å²) in [6.07, 6.45) is -6.61. The molecule has 1 aliphatic heterocycles. The van der Waals surface area contributed by atoms with E-state index < -0.39 is 103 Å². The SMILES string of the molecule is CC(C)(COP(=O)(O)OP(=O)(O)OCC1OC(n2cnc3c(N)ncnc32)C(O)C1OP(=O)(O)O)C(O)C(=O)NCCC(=O)NCCSC(=O)c1ncccc1CP(=O)(O)O. The third kappa shape index (κ3) is 15.0. The van der Waals surface area contributed by atoms with Crippen molar-refractivity contribution in [2.75, 3.05) is 37.8 Å². The fourth-order valence-electron chi connectivity index (χ4n) is 5.31. The quantitative estimate of drug-likeness (QED) is 0.0427. The van der Waals surface area contributed by atoms with E-state index in [0.717, 1.165) is 29.0 Å². The normalized spacial score (nSPS) is 21.1. The first-order chi connectivity index (χ1) is 28.2. The third-order valence-corrected chi connectivity index (χ3v) is 12.9. The molecule has 3 aromatic heterocycles. The fraction of sp³-hybridized carbons (Fsp3) is 0.536. The molecule has 0 bridgehead atoms. The number of thioether (sulfide) groups is 1. The summed E-state index contributed by atoms with van der Waals surface area (Å²) >= 11 is 0.748. The zero-order valence-corrected chi connectivity index (χ0v) is 36.1. The van der Waals surface area contributed by atoms with Crippen molar-refractivity contribution in [3.8, 4) is 0 Å². The number of phosphoric acid groups is 3. The van der Waals surface area contributed by atoms with Gasteiger partial charge in [0.2, 0.25) is 16.9 Å². The summed E-state index contributed by atoms with van der Waals surface area (Å²) in [6, 6.07) is 2.78. The molecular weight excluding hydrogens is 924 g/mol. The van der Waals surface area contributed by atoms with E-state index in [1.54, 1.807) is 0 Å². The van der Waals surface area contributed by atoms with Gasteiger partial charge in [0.15, 0.2) is 17.7 Å². The standard InChI is InChI=1S/C28H42N8O20P4S/c1-28(2,22(39)25(40)32-7-5-17(37)30-8-9-61-27(41)18-15(4-3-6-31-18)11-57(42,43)44)12-53-60(50,51)56-59(48,49)52-10-16-21(55-58(45,46)47)20(38)26(54-16)36-14-35-19-23(29)33-13-34-24(19)36/h3-4,6,13-14,16,20-22,26,38-39H,5,7-12H2,1-2H3,(H,30,37)(H,32,40)(H,48,49)(H,50,51)(H2,29,33,34)(H2,42,43,44)(H2,45,46,47). The number of fused-ring (bicyclic) bond motifs is 1. The molecule has 0 aromatic carbocycles. The Hall–Kier alpha value is -3.14. The van der Waals surface area contributed by atoms with Gasteiger partial charge in [-0.25, -0.2) is 28.6 Å². The van der Waals surface area contributed by atoms with Crippen LogP contribution in [0.25, 0.3) is 11.2 Å². The summed E-state index contributed by atoms with van der Waals surface area (Å²) in [5.74, 6) is -1.60. The van der Waals surface area contributed by atoms with Crippen molar-refractivity contribution in [2.45, 2.75) is 57.1 Å². The summed E-state index contributed by atoms with van der Waals surface area (Å²) in [7, 11) is -21.0. The monoisotopic (exact) mass is 966 g/mol. The van der Waals surface area contributed by atoms with Gasteiger partial charge in [-0.15, -0.1) is 0 Å². The zero-order valence-electron chi connectivity index (χ0n) is 31.7. The Morgan fingerprint density at radius 1 is 1.00 bits per heavy atom. The zero-order chi connectivity index (χ0) is 45.6. The average Bonchev–Trinajstić information content (AvgIpc) is 3.70. The van der Waals surface area contributed by atoms with Gasteiger partial charge in [0.25, 0.3) is 0 Å². The number of rotatable bonds is 22. The predicted octanol–water partition coefficient (Wildman–Crippen LogP) is -0.949. The number of hydrogen-bond donors (Lipinski definition) is 11. The number of aliphatic hydroxyl groups excluding tert-OH is 2. The fourth-order valence-corrected chi connectivity index (χ4v) is 9.55. The number of pyridine rings is 1. The van der Waals surface area contributed by atoms with Crippen LogP contribution < -0.4 is 16.4 Å². The highest BCUT2D eigenvalue weighted by molar-refractivity contribution is 8.14. The van der Waals surface area contributed by atoms with E-state index in [9.17, 15) is 72.2 Å². The first-order valence-corrected chi connectivity index (χ1v) is 24.5. The van der Waals surface area contributed by atoms with E-state index in [4.69, 9.17) is 19.5 Å². The minimum Gasteiger partial charge on any atom is -0.386 e. The lowest BCUT2D eigenvalue weighted by atomic mass is 9.87. The highest BCUT2D eigenvalue weighted by atomic mass is 32.2. The number of phosphoric ester groups is 3. The number of aromatic nitrogens is 5. The van der Waals surface area contributed by atoms with Crippen molar-refractivity contribution in [1.82, 2.24) is 35.1 Å². The van der Waals surface area contributed by atoms with Gasteiger partial charge in [-0.2, -0.15) is 4.31 Å².